The van der Waals surface area contributed by atoms with Crippen LogP contribution in [0.3, 0.4) is 0 Å². The van der Waals surface area contributed by atoms with Crippen LogP contribution in [0.5, 0.6) is 5.75 Å². The fourth-order valence-electron chi connectivity index (χ4n) is 3.26. The lowest BCUT2D eigenvalue weighted by molar-refractivity contribution is 0.104. The summed E-state index contributed by atoms with van der Waals surface area (Å²) in [5.74, 6) is -0.0642. The van der Waals surface area contributed by atoms with Crippen molar-refractivity contribution in [2.75, 3.05) is 4.90 Å². The first-order chi connectivity index (χ1) is 14.7. The second-order valence-electron chi connectivity index (χ2n) is 6.85. The number of phenols is 1. The van der Waals surface area contributed by atoms with E-state index in [0.29, 0.717) is 5.56 Å². The molecular weight excluding hydrogens is 370 g/mol. The molecule has 3 heteroatoms. The summed E-state index contributed by atoms with van der Waals surface area (Å²) in [4.78, 5) is 14.5. The molecule has 4 aromatic carbocycles. The van der Waals surface area contributed by atoms with Crippen molar-refractivity contribution in [2.45, 2.75) is 0 Å². The lowest BCUT2D eigenvalue weighted by atomic mass is 10.1. The van der Waals surface area contributed by atoms with E-state index < -0.39 is 0 Å². The largest absolute Gasteiger partial charge is 0.508 e. The zero-order chi connectivity index (χ0) is 20.8. The smallest absolute Gasteiger partial charge is 0.185 e. The number of hydrogen-bond donors (Lipinski definition) is 1. The van der Waals surface area contributed by atoms with Gasteiger partial charge in [0.1, 0.15) is 5.75 Å². The number of phenolic OH excluding ortho intramolecular Hbond substituents is 1. The SMILES string of the molecule is O=C(/C=C/c1ccc(N(c2ccccc2)c2ccccc2)cc1)c1cccc(O)c1. The minimum Gasteiger partial charge on any atom is -0.508 e. The van der Waals surface area contributed by atoms with Gasteiger partial charge >= 0.3 is 0 Å². The number of anilines is 3. The highest BCUT2D eigenvalue weighted by atomic mass is 16.3. The van der Waals surface area contributed by atoms with Crippen molar-refractivity contribution in [3.8, 4) is 5.75 Å². The number of hydrogen-bond acceptors (Lipinski definition) is 3. The van der Waals surface area contributed by atoms with Crippen LogP contribution in [0.2, 0.25) is 0 Å². The molecule has 4 rings (SSSR count). The quantitative estimate of drug-likeness (QED) is 0.292. The van der Waals surface area contributed by atoms with Gasteiger partial charge < -0.3 is 10.0 Å². The van der Waals surface area contributed by atoms with Gasteiger partial charge in [0.25, 0.3) is 0 Å². The van der Waals surface area contributed by atoms with E-state index in [1.165, 1.54) is 12.1 Å². The molecule has 146 valence electrons. The molecule has 0 saturated carbocycles. The first kappa shape index (κ1) is 19.2. The molecule has 0 saturated heterocycles. The molecule has 30 heavy (non-hydrogen) atoms. The van der Waals surface area contributed by atoms with Gasteiger partial charge in [0.15, 0.2) is 5.78 Å². The van der Waals surface area contributed by atoms with Crippen molar-refractivity contribution in [3.05, 3.63) is 126 Å². The molecule has 1 N–H and O–H groups in total. The third kappa shape index (κ3) is 4.47. The van der Waals surface area contributed by atoms with Crippen LogP contribution in [0.4, 0.5) is 17.1 Å². The molecule has 0 aliphatic heterocycles. The minimum atomic E-state index is -0.148. The van der Waals surface area contributed by atoms with Crippen molar-refractivity contribution in [1.82, 2.24) is 0 Å². The molecule has 0 aromatic heterocycles. The van der Waals surface area contributed by atoms with Crippen LogP contribution in [0, 0.1) is 0 Å². The molecule has 0 spiro atoms. The summed E-state index contributed by atoms with van der Waals surface area (Å²) in [6, 6.07) is 34.8. The summed E-state index contributed by atoms with van der Waals surface area (Å²) in [7, 11) is 0. The van der Waals surface area contributed by atoms with Gasteiger partial charge in [-0.25, -0.2) is 0 Å². The highest BCUT2D eigenvalue weighted by Gasteiger charge is 2.11. The Bertz CT molecular complexity index is 1110. The van der Waals surface area contributed by atoms with Gasteiger partial charge in [-0.15, -0.1) is 0 Å². The van der Waals surface area contributed by atoms with Gasteiger partial charge in [0.05, 0.1) is 0 Å². The molecule has 0 heterocycles. The Morgan fingerprint density at radius 3 is 1.80 bits per heavy atom. The topological polar surface area (TPSA) is 40.5 Å². The summed E-state index contributed by atoms with van der Waals surface area (Å²) < 4.78 is 0. The lowest BCUT2D eigenvalue weighted by Crippen LogP contribution is -2.09. The van der Waals surface area contributed by atoms with E-state index in [1.54, 1.807) is 24.3 Å². The van der Waals surface area contributed by atoms with Gasteiger partial charge in [-0.3, -0.25) is 4.79 Å². The van der Waals surface area contributed by atoms with Crippen molar-refractivity contribution in [2.24, 2.45) is 0 Å². The van der Waals surface area contributed by atoms with Crippen molar-refractivity contribution >= 4 is 28.9 Å². The summed E-state index contributed by atoms with van der Waals surface area (Å²) in [5.41, 5.74) is 4.57. The number of aromatic hydroxyl groups is 1. The van der Waals surface area contributed by atoms with E-state index in [0.717, 1.165) is 22.6 Å². The van der Waals surface area contributed by atoms with E-state index in [4.69, 9.17) is 0 Å². The zero-order valence-corrected chi connectivity index (χ0v) is 16.3. The Morgan fingerprint density at radius 1 is 0.667 bits per heavy atom. The zero-order valence-electron chi connectivity index (χ0n) is 16.3. The van der Waals surface area contributed by atoms with Crippen LogP contribution in [0.15, 0.2) is 115 Å². The second kappa shape index (κ2) is 8.93. The number of carbonyl (C=O) groups is 1. The first-order valence-electron chi connectivity index (χ1n) is 9.72. The Labute approximate surface area is 176 Å². The van der Waals surface area contributed by atoms with Gasteiger partial charge in [-0.1, -0.05) is 66.7 Å². The molecule has 0 aliphatic carbocycles. The normalized spacial score (nSPS) is 10.8. The Morgan fingerprint density at radius 2 is 1.23 bits per heavy atom. The maximum Gasteiger partial charge on any atom is 0.185 e. The summed E-state index contributed by atoms with van der Waals surface area (Å²) >= 11 is 0. The molecule has 4 aromatic rings. The van der Waals surface area contributed by atoms with Crippen LogP contribution >= 0.6 is 0 Å². The van der Waals surface area contributed by atoms with Crippen molar-refractivity contribution in [1.29, 1.82) is 0 Å². The summed E-state index contributed by atoms with van der Waals surface area (Å²) in [5, 5.41) is 9.54. The van der Waals surface area contributed by atoms with Crippen LogP contribution in [0.1, 0.15) is 15.9 Å². The predicted octanol–water partition coefficient (Wildman–Crippen LogP) is 6.76. The van der Waals surface area contributed by atoms with Crippen LogP contribution in [-0.4, -0.2) is 10.9 Å². The highest BCUT2D eigenvalue weighted by Crippen LogP contribution is 2.34. The molecule has 0 amide bonds. The molecule has 0 bridgehead atoms. The third-order valence-corrected chi connectivity index (χ3v) is 4.74. The third-order valence-electron chi connectivity index (χ3n) is 4.74. The predicted molar refractivity (Wildman–Crippen MR) is 123 cm³/mol. The van der Waals surface area contributed by atoms with E-state index in [2.05, 4.69) is 29.2 Å². The number of rotatable bonds is 6. The van der Waals surface area contributed by atoms with Crippen molar-refractivity contribution < 1.29 is 9.90 Å². The van der Waals surface area contributed by atoms with Gasteiger partial charge in [0.2, 0.25) is 0 Å². The fourth-order valence-corrected chi connectivity index (χ4v) is 3.26. The van der Waals surface area contributed by atoms with Crippen LogP contribution in [-0.2, 0) is 0 Å². The Hall–Kier alpha value is -4.11. The minimum absolute atomic E-state index is 0.0838. The monoisotopic (exact) mass is 391 g/mol. The standard InChI is InChI=1S/C27H21NO2/c29-26-13-7-8-22(20-26)27(30)19-16-21-14-17-25(18-15-21)28(23-9-3-1-4-10-23)24-11-5-2-6-12-24/h1-20,29H/b19-16+. The molecular formula is C27H21NO2. The Balaban J connectivity index is 1.59. The molecule has 0 fully saturated rings. The molecule has 0 unspecified atom stereocenters. The van der Waals surface area contributed by atoms with Gasteiger partial charge in [-0.05, 0) is 60.2 Å². The van der Waals surface area contributed by atoms with Crippen LogP contribution in [0.25, 0.3) is 6.08 Å². The maximum atomic E-state index is 12.3. The number of para-hydroxylation sites is 2. The second-order valence-corrected chi connectivity index (χ2v) is 6.85. The average molecular weight is 391 g/mol. The van der Waals surface area contributed by atoms with Gasteiger partial charge in [0, 0.05) is 22.6 Å². The molecule has 0 radical (unpaired) electrons. The first-order valence-corrected chi connectivity index (χ1v) is 9.72. The number of ketones is 1. The van der Waals surface area contributed by atoms with E-state index in [-0.39, 0.29) is 11.5 Å². The van der Waals surface area contributed by atoms with Crippen LogP contribution < -0.4 is 4.90 Å². The average Bonchev–Trinajstić information content (AvgIpc) is 2.80. The number of carbonyl (C=O) groups excluding carboxylic acids is 1. The number of allylic oxidation sites excluding steroid dienone is 1. The molecule has 0 aliphatic rings. The number of benzene rings is 4. The van der Waals surface area contributed by atoms with E-state index >= 15 is 0 Å². The van der Waals surface area contributed by atoms with E-state index in [9.17, 15) is 9.90 Å². The van der Waals surface area contributed by atoms with Crippen molar-refractivity contribution in [3.63, 3.8) is 0 Å². The Kier molecular flexibility index (Phi) is 5.72. The number of nitrogens with zero attached hydrogens (tertiary/aromatic N) is 1. The molecule has 0 atom stereocenters. The highest BCUT2D eigenvalue weighted by molar-refractivity contribution is 6.07. The summed E-state index contributed by atoms with van der Waals surface area (Å²) in [6.45, 7) is 0. The van der Waals surface area contributed by atoms with Gasteiger partial charge in [-0.2, -0.15) is 0 Å². The molecule has 3 nitrogen and oxygen atoms in total. The van der Waals surface area contributed by atoms with E-state index in [1.807, 2.05) is 60.7 Å². The fraction of sp³-hybridized carbons (Fsp3) is 0. The lowest BCUT2D eigenvalue weighted by Gasteiger charge is -2.25. The summed E-state index contributed by atoms with van der Waals surface area (Å²) in [6.07, 6.45) is 3.31. The maximum absolute atomic E-state index is 12.3.